The van der Waals surface area contributed by atoms with Crippen molar-refractivity contribution in [3.05, 3.63) is 141 Å². The van der Waals surface area contributed by atoms with Gasteiger partial charge in [-0.2, -0.15) is 0 Å². The summed E-state index contributed by atoms with van der Waals surface area (Å²) in [5.74, 6) is 0.722. The Morgan fingerprint density at radius 2 is 1.68 bits per heavy atom. The van der Waals surface area contributed by atoms with Gasteiger partial charge in [0.2, 0.25) is 5.56 Å². The third kappa shape index (κ3) is 10.3. The maximum absolute atomic E-state index is 13.2. The first-order chi connectivity index (χ1) is 28.5. The number of benzene rings is 4. The van der Waals surface area contributed by atoms with E-state index in [1.54, 1.807) is 12.1 Å². The van der Waals surface area contributed by atoms with Crippen LogP contribution in [0.3, 0.4) is 0 Å². The molecule has 1 amide bonds. The number of pyridine rings is 1. The molecule has 0 spiro atoms. The van der Waals surface area contributed by atoms with Gasteiger partial charge in [0.05, 0.1) is 29.7 Å². The summed E-state index contributed by atoms with van der Waals surface area (Å²) < 4.78 is 17.9. The molecule has 8 rings (SSSR count). The summed E-state index contributed by atoms with van der Waals surface area (Å²) in [6.45, 7) is 8.13. The topological polar surface area (TPSA) is 162 Å². The number of esters is 1. The lowest BCUT2D eigenvalue weighted by molar-refractivity contribution is -0.149. The highest BCUT2D eigenvalue weighted by Gasteiger charge is 2.37. The average Bonchev–Trinajstić information content (AvgIpc) is 3.25. The number of rotatable bonds is 17. The minimum atomic E-state index is -0.859. The highest BCUT2D eigenvalue weighted by Crippen LogP contribution is 2.32. The number of aromatic hydroxyl groups is 1. The second-order valence-corrected chi connectivity index (χ2v) is 16.1. The van der Waals surface area contributed by atoms with Crippen molar-refractivity contribution in [3.63, 3.8) is 0 Å². The molecule has 2 bridgehead atoms. The number of aliphatic hydroxyl groups excluding tert-OH is 1. The summed E-state index contributed by atoms with van der Waals surface area (Å²) >= 11 is 0. The van der Waals surface area contributed by atoms with Gasteiger partial charge in [-0.3, -0.25) is 14.5 Å². The van der Waals surface area contributed by atoms with Crippen LogP contribution < -0.4 is 20.9 Å². The number of fused-ring (bicyclic) bond motifs is 4. The van der Waals surface area contributed by atoms with E-state index in [0.717, 1.165) is 61.2 Å². The lowest BCUT2D eigenvalue weighted by Crippen LogP contribution is -2.52. The zero-order chi connectivity index (χ0) is 41.4. The molecule has 5 N–H and O–H groups in total. The van der Waals surface area contributed by atoms with Gasteiger partial charge in [0, 0.05) is 24.5 Å². The number of aliphatic hydroxyl groups is 1. The number of ether oxygens (including phenoxy) is 3. The number of hydrogen-bond donors (Lipinski definition) is 5. The number of phenolic OH excluding ortho intramolecular Hbond substituents is 1. The fraction of sp³-hybridized carbons (Fsp3) is 0.383. The SMILES string of the molecule is CC(C)(C(=O)OCCCCNC[C@@H](O)c1ccc(O)c2[nH]c(=O)ccc12)c1ccc(COc2cccc(C(NC(=O)O[C@H]3CN4CCC3CC4)c3ccccc3)c2)cc1. The molecule has 310 valence electrons. The van der Waals surface area contributed by atoms with Gasteiger partial charge < -0.3 is 40.0 Å². The molecule has 1 unspecified atom stereocenters. The zero-order valence-corrected chi connectivity index (χ0v) is 33.7. The van der Waals surface area contributed by atoms with Crippen LogP contribution in [-0.2, 0) is 26.3 Å². The predicted octanol–water partition coefficient (Wildman–Crippen LogP) is 6.65. The van der Waals surface area contributed by atoms with E-state index in [0.29, 0.717) is 47.7 Å². The molecule has 3 aliphatic heterocycles. The molecule has 5 aromatic rings. The van der Waals surface area contributed by atoms with Gasteiger partial charge in [-0.25, -0.2) is 4.79 Å². The van der Waals surface area contributed by atoms with Gasteiger partial charge in [-0.15, -0.1) is 0 Å². The van der Waals surface area contributed by atoms with E-state index in [-0.39, 0.29) is 36.5 Å². The number of carbonyl (C=O) groups is 2. The number of piperidine rings is 3. The van der Waals surface area contributed by atoms with Gasteiger partial charge in [0.1, 0.15) is 24.2 Å². The lowest BCUT2D eigenvalue weighted by Gasteiger charge is -2.43. The van der Waals surface area contributed by atoms with Crippen LogP contribution in [0.5, 0.6) is 11.5 Å². The third-order valence-corrected chi connectivity index (χ3v) is 11.6. The Morgan fingerprint density at radius 3 is 2.42 bits per heavy atom. The number of hydrogen-bond acceptors (Lipinski definition) is 10. The number of nitrogens with zero attached hydrogens (tertiary/aromatic N) is 1. The number of unbranched alkanes of at least 4 members (excludes halogenated alkanes) is 1. The number of H-pyrrole nitrogens is 1. The standard InChI is InChI=1S/C47H54N4O8/c1-47(2,45(55)57-26-7-6-23-48-28-40(53)37-17-19-39(52)44-38(37)18-20-42(54)49-44)35-15-13-31(14-16-35)30-58-36-12-8-11-34(27-36)43(33-9-4-3-5-10-33)50-46(56)59-41-29-51-24-21-32(41)22-25-51/h3-5,8-20,27,32,40-41,43,48,52-53H,6-7,21-26,28-30H2,1-2H3,(H,49,54)(H,50,56)/t40-,41+,43?/m1/s1. The Morgan fingerprint density at radius 1 is 0.915 bits per heavy atom. The van der Waals surface area contributed by atoms with Crippen molar-refractivity contribution < 1.29 is 34.0 Å². The first-order valence-corrected chi connectivity index (χ1v) is 20.5. The van der Waals surface area contributed by atoms with Gasteiger partial charge >= 0.3 is 12.1 Å². The second kappa shape index (κ2) is 18.9. The molecule has 1 aromatic heterocycles. The maximum Gasteiger partial charge on any atom is 0.408 e. The number of carbonyl (C=O) groups excluding carboxylic acids is 2. The summed E-state index contributed by atoms with van der Waals surface area (Å²) in [6, 6.07) is 31.0. The highest BCUT2D eigenvalue weighted by atomic mass is 16.6. The van der Waals surface area contributed by atoms with Crippen LogP contribution in [0.15, 0.2) is 108 Å². The Bertz CT molecular complexity index is 2250. The van der Waals surface area contributed by atoms with Crippen molar-refractivity contribution in [1.29, 1.82) is 0 Å². The molecular formula is C47H54N4O8. The molecule has 0 radical (unpaired) electrons. The minimum absolute atomic E-state index is 0.0528. The first-order valence-electron chi connectivity index (χ1n) is 20.5. The fourth-order valence-electron chi connectivity index (χ4n) is 8.02. The molecule has 12 nitrogen and oxygen atoms in total. The van der Waals surface area contributed by atoms with Crippen LogP contribution in [-0.4, -0.2) is 77.6 Å². The first kappa shape index (κ1) is 41.5. The molecule has 3 fully saturated rings. The second-order valence-electron chi connectivity index (χ2n) is 16.1. The third-order valence-electron chi connectivity index (χ3n) is 11.6. The van der Waals surface area contributed by atoms with Crippen molar-refractivity contribution in [2.75, 3.05) is 39.3 Å². The molecule has 3 saturated heterocycles. The van der Waals surface area contributed by atoms with Gasteiger partial charge in [0.25, 0.3) is 0 Å². The molecule has 3 atom stereocenters. The van der Waals surface area contributed by atoms with E-state index in [1.807, 2.05) is 92.7 Å². The van der Waals surface area contributed by atoms with E-state index < -0.39 is 23.7 Å². The Hall–Kier alpha value is -5.69. The molecule has 3 aliphatic rings. The van der Waals surface area contributed by atoms with Crippen LogP contribution in [0, 0.1) is 5.92 Å². The van der Waals surface area contributed by atoms with Crippen LogP contribution in [0.25, 0.3) is 10.9 Å². The summed E-state index contributed by atoms with van der Waals surface area (Å²) in [7, 11) is 0. The Kier molecular flexibility index (Phi) is 13.3. The van der Waals surface area contributed by atoms with Crippen molar-refractivity contribution >= 4 is 23.0 Å². The fourth-order valence-corrected chi connectivity index (χ4v) is 8.02. The molecule has 12 heteroatoms. The molecule has 59 heavy (non-hydrogen) atoms. The highest BCUT2D eigenvalue weighted by molar-refractivity contribution is 5.87. The molecule has 0 aliphatic carbocycles. The number of alkyl carbamates (subject to hydrolysis) is 1. The molecule has 4 aromatic carbocycles. The smallest absolute Gasteiger partial charge is 0.408 e. The van der Waals surface area contributed by atoms with Gasteiger partial charge in [-0.1, -0.05) is 72.8 Å². The normalized spacial score (nSPS) is 18.5. The van der Waals surface area contributed by atoms with Gasteiger partial charge in [0.15, 0.2) is 0 Å². The Labute approximate surface area is 344 Å². The monoisotopic (exact) mass is 802 g/mol. The number of aromatic amines is 1. The Balaban J connectivity index is 0.859. The zero-order valence-electron chi connectivity index (χ0n) is 33.7. The summed E-state index contributed by atoms with van der Waals surface area (Å²) in [6.07, 6.45) is 2.17. The van der Waals surface area contributed by atoms with Crippen LogP contribution in [0.4, 0.5) is 4.79 Å². The van der Waals surface area contributed by atoms with Crippen molar-refractivity contribution in [3.8, 4) is 11.5 Å². The van der Waals surface area contributed by atoms with E-state index >= 15 is 0 Å². The number of amides is 1. The van der Waals surface area contributed by atoms with E-state index in [4.69, 9.17) is 14.2 Å². The largest absolute Gasteiger partial charge is 0.506 e. The van der Waals surface area contributed by atoms with Crippen molar-refractivity contribution in [1.82, 2.24) is 20.5 Å². The predicted molar refractivity (Wildman–Crippen MR) is 225 cm³/mol. The van der Waals surface area contributed by atoms with Crippen molar-refractivity contribution in [2.24, 2.45) is 5.92 Å². The molecule has 0 saturated carbocycles. The molecule has 4 heterocycles. The summed E-state index contributed by atoms with van der Waals surface area (Å²) in [5.41, 5.74) is 3.30. The number of nitrogens with one attached hydrogen (secondary N) is 3. The summed E-state index contributed by atoms with van der Waals surface area (Å²) in [5, 5.41) is 27.8. The lowest BCUT2D eigenvalue weighted by atomic mass is 9.84. The van der Waals surface area contributed by atoms with E-state index in [9.17, 15) is 24.6 Å². The summed E-state index contributed by atoms with van der Waals surface area (Å²) in [4.78, 5) is 43.1. The van der Waals surface area contributed by atoms with E-state index in [2.05, 4.69) is 20.5 Å². The molecular weight excluding hydrogens is 749 g/mol. The number of phenols is 1. The number of aromatic nitrogens is 1. The quantitative estimate of drug-likeness (QED) is 0.0509. The van der Waals surface area contributed by atoms with E-state index in [1.165, 1.54) is 12.1 Å². The van der Waals surface area contributed by atoms with Crippen LogP contribution in [0.1, 0.15) is 79.5 Å². The van der Waals surface area contributed by atoms with Gasteiger partial charge in [-0.05, 0) is 117 Å². The maximum atomic E-state index is 13.2. The average molecular weight is 803 g/mol. The van der Waals surface area contributed by atoms with Crippen molar-refractivity contribution in [2.45, 2.75) is 69.8 Å². The minimum Gasteiger partial charge on any atom is -0.506 e. The van der Waals surface area contributed by atoms with Crippen LogP contribution in [0.2, 0.25) is 0 Å². The van der Waals surface area contributed by atoms with Crippen LogP contribution >= 0.6 is 0 Å².